The number of allylic oxidation sites excluding steroid dienone is 1. The maximum Gasteiger partial charge on any atom is 0.0894 e. The second kappa shape index (κ2) is 3.93. The summed E-state index contributed by atoms with van der Waals surface area (Å²) in [5.41, 5.74) is 1.88. The zero-order valence-corrected chi connectivity index (χ0v) is 6.83. The van der Waals surface area contributed by atoms with E-state index in [0.29, 0.717) is 6.42 Å². The molecule has 0 bridgehead atoms. The SMILES string of the molecule is C=C(O)Cc1ccc(CO)cc1. The molecule has 1 rings (SSSR count). The van der Waals surface area contributed by atoms with Crippen molar-refractivity contribution in [2.45, 2.75) is 13.0 Å². The minimum atomic E-state index is 0.0559. The molecule has 2 heteroatoms. The van der Waals surface area contributed by atoms with Crippen LogP contribution >= 0.6 is 0 Å². The van der Waals surface area contributed by atoms with Crippen LogP contribution in [0.2, 0.25) is 0 Å². The molecule has 0 amide bonds. The molecule has 0 fully saturated rings. The van der Waals surface area contributed by atoms with Gasteiger partial charge in [0, 0.05) is 6.42 Å². The van der Waals surface area contributed by atoms with E-state index >= 15 is 0 Å². The third-order valence-corrected chi connectivity index (χ3v) is 1.61. The standard InChI is InChI=1S/C10H12O2/c1-8(12)6-9-2-4-10(7-11)5-3-9/h2-5,11-12H,1,6-7H2. The number of benzene rings is 1. The molecule has 0 saturated carbocycles. The summed E-state index contributed by atoms with van der Waals surface area (Å²) < 4.78 is 0. The van der Waals surface area contributed by atoms with Crippen LogP contribution in [0.4, 0.5) is 0 Å². The lowest BCUT2D eigenvalue weighted by atomic mass is 10.1. The Morgan fingerprint density at radius 1 is 1.17 bits per heavy atom. The lowest BCUT2D eigenvalue weighted by Crippen LogP contribution is -1.89. The Morgan fingerprint density at radius 2 is 1.67 bits per heavy atom. The van der Waals surface area contributed by atoms with Crippen LogP contribution in [0.1, 0.15) is 11.1 Å². The zero-order chi connectivity index (χ0) is 8.97. The molecule has 64 valence electrons. The van der Waals surface area contributed by atoms with E-state index in [0.717, 1.165) is 11.1 Å². The first-order chi connectivity index (χ1) is 5.72. The molecular formula is C10H12O2. The first-order valence-electron chi connectivity index (χ1n) is 3.78. The van der Waals surface area contributed by atoms with Gasteiger partial charge >= 0.3 is 0 Å². The molecule has 0 aliphatic rings. The highest BCUT2D eigenvalue weighted by Gasteiger charge is 1.94. The van der Waals surface area contributed by atoms with E-state index < -0.39 is 0 Å². The van der Waals surface area contributed by atoms with Crippen LogP contribution in [0.15, 0.2) is 36.6 Å². The Morgan fingerprint density at radius 3 is 2.08 bits per heavy atom. The highest BCUT2D eigenvalue weighted by molar-refractivity contribution is 5.24. The second-order valence-corrected chi connectivity index (χ2v) is 2.72. The monoisotopic (exact) mass is 164 g/mol. The van der Waals surface area contributed by atoms with Crippen molar-refractivity contribution in [2.24, 2.45) is 0 Å². The van der Waals surface area contributed by atoms with Crippen molar-refractivity contribution in [3.05, 3.63) is 47.7 Å². The van der Waals surface area contributed by atoms with Crippen molar-refractivity contribution in [1.82, 2.24) is 0 Å². The van der Waals surface area contributed by atoms with Gasteiger partial charge in [0.2, 0.25) is 0 Å². The second-order valence-electron chi connectivity index (χ2n) is 2.72. The van der Waals surface area contributed by atoms with Crippen LogP contribution in [0, 0.1) is 0 Å². The van der Waals surface area contributed by atoms with E-state index in [9.17, 15) is 0 Å². The van der Waals surface area contributed by atoms with Crippen molar-refractivity contribution >= 4 is 0 Å². The van der Waals surface area contributed by atoms with Crippen molar-refractivity contribution in [3.63, 3.8) is 0 Å². The first kappa shape index (κ1) is 8.81. The van der Waals surface area contributed by atoms with Crippen LogP contribution in [0.25, 0.3) is 0 Å². The summed E-state index contributed by atoms with van der Waals surface area (Å²) in [5, 5.41) is 17.6. The van der Waals surface area contributed by atoms with Crippen molar-refractivity contribution < 1.29 is 10.2 Å². The quantitative estimate of drug-likeness (QED) is 0.669. The summed E-state index contributed by atoms with van der Waals surface area (Å²) >= 11 is 0. The summed E-state index contributed by atoms with van der Waals surface area (Å²) in [6, 6.07) is 7.40. The summed E-state index contributed by atoms with van der Waals surface area (Å²) in [6.07, 6.45) is 0.478. The highest BCUT2D eigenvalue weighted by Crippen LogP contribution is 2.07. The largest absolute Gasteiger partial charge is 0.513 e. The van der Waals surface area contributed by atoms with Crippen LogP contribution in [0.5, 0.6) is 0 Å². The summed E-state index contributed by atoms with van der Waals surface area (Å²) in [7, 11) is 0. The van der Waals surface area contributed by atoms with Crippen LogP contribution < -0.4 is 0 Å². The van der Waals surface area contributed by atoms with Gasteiger partial charge in [-0.2, -0.15) is 0 Å². The lowest BCUT2D eigenvalue weighted by molar-refractivity contribution is 0.282. The Labute approximate surface area is 71.8 Å². The summed E-state index contributed by atoms with van der Waals surface area (Å²) in [5.74, 6) is 0.159. The van der Waals surface area contributed by atoms with Crippen LogP contribution in [0.3, 0.4) is 0 Å². The van der Waals surface area contributed by atoms with Gasteiger partial charge in [-0.3, -0.25) is 0 Å². The summed E-state index contributed by atoms with van der Waals surface area (Å²) in [4.78, 5) is 0. The Hall–Kier alpha value is -1.28. The van der Waals surface area contributed by atoms with Crippen LogP contribution in [-0.2, 0) is 13.0 Å². The highest BCUT2D eigenvalue weighted by atomic mass is 16.3. The van der Waals surface area contributed by atoms with E-state index in [1.165, 1.54) is 0 Å². The van der Waals surface area contributed by atoms with E-state index in [-0.39, 0.29) is 12.4 Å². The molecular weight excluding hydrogens is 152 g/mol. The fourth-order valence-electron chi connectivity index (χ4n) is 0.998. The van der Waals surface area contributed by atoms with Crippen molar-refractivity contribution in [3.8, 4) is 0 Å². The Kier molecular flexibility index (Phi) is 2.88. The minimum absolute atomic E-state index is 0.0559. The first-order valence-corrected chi connectivity index (χ1v) is 3.78. The maximum atomic E-state index is 8.89. The number of aliphatic hydroxyl groups is 2. The summed E-state index contributed by atoms with van der Waals surface area (Å²) in [6.45, 7) is 3.46. The predicted octanol–water partition coefficient (Wildman–Crippen LogP) is 1.79. The van der Waals surface area contributed by atoms with Crippen LogP contribution in [-0.4, -0.2) is 10.2 Å². The van der Waals surface area contributed by atoms with Gasteiger partial charge in [-0.1, -0.05) is 30.8 Å². The van der Waals surface area contributed by atoms with Gasteiger partial charge in [0.05, 0.1) is 12.4 Å². The van der Waals surface area contributed by atoms with E-state index in [1.54, 1.807) is 0 Å². The predicted molar refractivity (Wildman–Crippen MR) is 47.8 cm³/mol. The van der Waals surface area contributed by atoms with Gasteiger partial charge in [0.25, 0.3) is 0 Å². The molecule has 0 aromatic heterocycles. The third kappa shape index (κ3) is 2.40. The number of hydrogen-bond donors (Lipinski definition) is 2. The molecule has 0 unspecified atom stereocenters. The zero-order valence-electron chi connectivity index (χ0n) is 6.83. The molecule has 2 N–H and O–H groups in total. The van der Waals surface area contributed by atoms with Gasteiger partial charge in [0.1, 0.15) is 0 Å². The van der Waals surface area contributed by atoms with Gasteiger partial charge in [0.15, 0.2) is 0 Å². The number of hydrogen-bond acceptors (Lipinski definition) is 2. The molecule has 0 aliphatic heterocycles. The lowest BCUT2D eigenvalue weighted by Gasteiger charge is -2.00. The Bertz CT molecular complexity index is 262. The normalized spacial score (nSPS) is 9.75. The smallest absolute Gasteiger partial charge is 0.0894 e. The average molecular weight is 164 g/mol. The fourth-order valence-corrected chi connectivity index (χ4v) is 0.998. The number of rotatable bonds is 3. The molecule has 0 aliphatic carbocycles. The van der Waals surface area contributed by atoms with Gasteiger partial charge in [-0.05, 0) is 11.1 Å². The molecule has 1 aromatic rings. The average Bonchev–Trinajstić information content (AvgIpc) is 2.05. The molecule has 12 heavy (non-hydrogen) atoms. The van der Waals surface area contributed by atoms with Gasteiger partial charge in [-0.25, -0.2) is 0 Å². The third-order valence-electron chi connectivity index (χ3n) is 1.61. The molecule has 0 saturated heterocycles. The Balaban J connectivity index is 2.71. The fraction of sp³-hybridized carbons (Fsp3) is 0.200. The molecule has 0 heterocycles. The number of aliphatic hydroxyl groups excluding tert-OH is 2. The molecule has 0 spiro atoms. The van der Waals surface area contributed by atoms with E-state index in [4.69, 9.17) is 10.2 Å². The van der Waals surface area contributed by atoms with E-state index in [2.05, 4.69) is 6.58 Å². The molecule has 0 radical (unpaired) electrons. The maximum absolute atomic E-state index is 8.89. The molecule has 0 atom stereocenters. The molecule has 2 nitrogen and oxygen atoms in total. The van der Waals surface area contributed by atoms with Gasteiger partial charge in [-0.15, -0.1) is 0 Å². The van der Waals surface area contributed by atoms with Crippen molar-refractivity contribution in [1.29, 1.82) is 0 Å². The van der Waals surface area contributed by atoms with Crippen molar-refractivity contribution in [2.75, 3.05) is 0 Å². The van der Waals surface area contributed by atoms with Gasteiger partial charge < -0.3 is 10.2 Å². The topological polar surface area (TPSA) is 40.5 Å². The molecule has 1 aromatic carbocycles. The van der Waals surface area contributed by atoms with E-state index in [1.807, 2.05) is 24.3 Å². The minimum Gasteiger partial charge on any atom is -0.513 e.